The molecule has 1 unspecified atom stereocenters. The van der Waals surface area contributed by atoms with Crippen LogP contribution in [0.3, 0.4) is 0 Å². The van der Waals surface area contributed by atoms with Crippen molar-refractivity contribution in [2.45, 2.75) is 12.5 Å². The Morgan fingerprint density at radius 3 is 2.62 bits per heavy atom. The van der Waals surface area contributed by atoms with Gasteiger partial charge in [0.25, 0.3) is 6.43 Å². The van der Waals surface area contributed by atoms with Crippen molar-refractivity contribution >= 4 is 0 Å². The second kappa shape index (κ2) is 4.01. The van der Waals surface area contributed by atoms with Gasteiger partial charge in [-0.3, -0.25) is 0 Å². The Morgan fingerprint density at radius 2 is 2.08 bits per heavy atom. The molecule has 0 saturated heterocycles. The van der Waals surface area contributed by atoms with Crippen LogP contribution in [0.5, 0.6) is 0 Å². The molecule has 0 aliphatic heterocycles. The summed E-state index contributed by atoms with van der Waals surface area (Å²) < 4.78 is 24.3. The van der Waals surface area contributed by atoms with Crippen LogP contribution in [0.2, 0.25) is 0 Å². The van der Waals surface area contributed by atoms with Crippen molar-refractivity contribution in [2.24, 2.45) is 5.73 Å². The molecule has 68 valence electrons. The van der Waals surface area contributed by atoms with Crippen molar-refractivity contribution in [3.05, 3.63) is 35.4 Å². The molecule has 13 heavy (non-hydrogen) atoms. The number of hydrogen-bond acceptors (Lipinski definition) is 1. The van der Waals surface area contributed by atoms with E-state index in [4.69, 9.17) is 12.2 Å². The Hall–Kier alpha value is -1.40. The van der Waals surface area contributed by atoms with Gasteiger partial charge < -0.3 is 5.73 Å². The molecule has 1 aromatic rings. The van der Waals surface area contributed by atoms with Gasteiger partial charge in [0.05, 0.1) is 6.04 Å². The largest absolute Gasteiger partial charge is 0.319 e. The SMILES string of the molecule is C#Cc1cccc(C(N)C(F)F)c1. The lowest BCUT2D eigenvalue weighted by Crippen LogP contribution is -2.18. The summed E-state index contributed by atoms with van der Waals surface area (Å²) in [6, 6.07) is 5.07. The van der Waals surface area contributed by atoms with Crippen LogP contribution >= 0.6 is 0 Å². The highest BCUT2D eigenvalue weighted by atomic mass is 19.3. The van der Waals surface area contributed by atoms with E-state index >= 15 is 0 Å². The molecule has 1 atom stereocenters. The van der Waals surface area contributed by atoms with Gasteiger partial charge in [0, 0.05) is 5.56 Å². The maximum Gasteiger partial charge on any atom is 0.257 e. The Bertz CT molecular complexity index is 328. The zero-order valence-corrected chi connectivity index (χ0v) is 6.87. The number of rotatable bonds is 2. The van der Waals surface area contributed by atoms with Crippen molar-refractivity contribution in [3.63, 3.8) is 0 Å². The number of terminal acetylenes is 1. The summed E-state index contributed by atoms with van der Waals surface area (Å²) in [4.78, 5) is 0. The number of alkyl halides is 2. The fourth-order valence-corrected chi connectivity index (χ4v) is 0.981. The van der Waals surface area contributed by atoms with Crippen LogP contribution in [0, 0.1) is 12.3 Å². The van der Waals surface area contributed by atoms with E-state index in [-0.39, 0.29) is 0 Å². The topological polar surface area (TPSA) is 26.0 Å². The second-order valence-electron chi connectivity index (χ2n) is 2.63. The first-order valence-corrected chi connectivity index (χ1v) is 3.75. The number of benzene rings is 1. The molecule has 0 aromatic heterocycles. The Morgan fingerprint density at radius 1 is 1.38 bits per heavy atom. The Balaban J connectivity index is 2.96. The summed E-state index contributed by atoms with van der Waals surface area (Å²) in [6.07, 6.45) is 2.55. The minimum atomic E-state index is -2.56. The Kier molecular flexibility index (Phi) is 2.99. The fraction of sp³-hybridized carbons (Fsp3) is 0.200. The molecule has 0 aliphatic rings. The monoisotopic (exact) mass is 181 g/mol. The van der Waals surface area contributed by atoms with E-state index in [9.17, 15) is 8.78 Å². The van der Waals surface area contributed by atoms with Crippen LogP contribution in [0.25, 0.3) is 0 Å². The average molecular weight is 181 g/mol. The van der Waals surface area contributed by atoms with E-state index in [1.54, 1.807) is 12.1 Å². The van der Waals surface area contributed by atoms with Gasteiger partial charge in [-0.05, 0) is 17.7 Å². The van der Waals surface area contributed by atoms with E-state index in [0.717, 1.165) is 0 Å². The first-order valence-electron chi connectivity index (χ1n) is 3.75. The molecule has 0 amide bonds. The van der Waals surface area contributed by atoms with Gasteiger partial charge in [0.2, 0.25) is 0 Å². The van der Waals surface area contributed by atoms with Gasteiger partial charge in [-0.2, -0.15) is 0 Å². The molecule has 3 heteroatoms. The predicted molar refractivity (Wildman–Crippen MR) is 47.3 cm³/mol. The standard InChI is InChI=1S/C10H9F2N/c1-2-7-4-3-5-8(6-7)9(13)10(11)12/h1,3-6,9-10H,13H2. The van der Waals surface area contributed by atoms with Crippen LogP contribution in [0.15, 0.2) is 24.3 Å². The first kappa shape index (κ1) is 9.69. The van der Waals surface area contributed by atoms with Crippen molar-refractivity contribution in [1.82, 2.24) is 0 Å². The molecule has 1 rings (SSSR count). The third kappa shape index (κ3) is 2.27. The molecule has 0 radical (unpaired) electrons. The zero-order valence-electron chi connectivity index (χ0n) is 6.87. The van der Waals surface area contributed by atoms with Gasteiger partial charge in [0.1, 0.15) is 0 Å². The highest BCUT2D eigenvalue weighted by molar-refractivity contribution is 5.36. The molecular weight excluding hydrogens is 172 g/mol. The van der Waals surface area contributed by atoms with Crippen molar-refractivity contribution in [2.75, 3.05) is 0 Å². The van der Waals surface area contributed by atoms with Gasteiger partial charge >= 0.3 is 0 Å². The lowest BCUT2D eigenvalue weighted by molar-refractivity contribution is 0.116. The summed E-state index contributed by atoms with van der Waals surface area (Å²) in [6.45, 7) is 0. The summed E-state index contributed by atoms with van der Waals surface area (Å²) in [5.74, 6) is 2.36. The maximum atomic E-state index is 12.2. The first-order chi connectivity index (χ1) is 6.15. The van der Waals surface area contributed by atoms with Gasteiger partial charge in [0.15, 0.2) is 0 Å². The smallest absolute Gasteiger partial charge is 0.257 e. The van der Waals surface area contributed by atoms with Crippen LogP contribution in [-0.4, -0.2) is 6.43 Å². The minimum Gasteiger partial charge on any atom is -0.319 e. The predicted octanol–water partition coefficient (Wildman–Crippen LogP) is 1.93. The number of nitrogens with two attached hydrogens (primary N) is 1. The van der Waals surface area contributed by atoms with Gasteiger partial charge in [-0.25, -0.2) is 8.78 Å². The number of hydrogen-bond donors (Lipinski definition) is 1. The third-order valence-corrected chi connectivity index (χ3v) is 1.71. The highest BCUT2D eigenvalue weighted by Crippen LogP contribution is 2.18. The van der Waals surface area contributed by atoms with Crippen molar-refractivity contribution in [3.8, 4) is 12.3 Å². The van der Waals surface area contributed by atoms with E-state index in [2.05, 4.69) is 5.92 Å². The molecule has 2 N–H and O–H groups in total. The normalized spacial score (nSPS) is 12.5. The summed E-state index contributed by atoms with van der Waals surface area (Å²) in [5.41, 5.74) is 6.17. The zero-order chi connectivity index (χ0) is 9.84. The average Bonchev–Trinajstić information content (AvgIpc) is 2.16. The third-order valence-electron chi connectivity index (χ3n) is 1.71. The summed E-state index contributed by atoms with van der Waals surface area (Å²) in [7, 11) is 0. The molecule has 0 bridgehead atoms. The van der Waals surface area contributed by atoms with Gasteiger partial charge in [-0.1, -0.05) is 18.1 Å². The fourth-order valence-electron chi connectivity index (χ4n) is 0.981. The molecular formula is C10H9F2N. The lowest BCUT2D eigenvalue weighted by atomic mass is 10.1. The summed E-state index contributed by atoms with van der Waals surface area (Å²) >= 11 is 0. The molecule has 1 nitrogen and oxygen atoms in total. The van der Waals surface area contributed by atoms with Gasteiger partial charge in [-0.15, -0.1) is 6.42 Å². The molecule has 0 saturated carbocycles. The van der Waals surface area contributed by atoms with E-state index in [1.807, 2.05) is 0 Å². The Labute approximate surface area is 75.6 Å². The van der Waals surface area contributed by atoms with Crippen molar-refractivity contribution < 1.29 is 8.78 Å². The van der Waals surface area contributed by atoms with E-state index in [1.165, 1.54) is 12.1 Å². The van der Waals surface area contributed by atoms with Crippen LogP contribution < -0.4 is 5.73 Å². The van der Waals surface area contributed by atoms with Crippen molar-refractivity contribution in [1.29, 1.82) is 0 Å². The highest BCUT2D eigenvalue weighted by Gasteiger charge is 2.16. The minimum absolute atomic E-state index is 0.366. The maximum absolute atomic E-state index is 12.2. The summed E-state index contributed by atoms with van der Waals surface area (Å²) in [5, 5.41) is 0. The van der Waals surface area contributed by atoms with E-state index < -0.39 is 12.5 Å². The quantitative estimate of drug-likeness (QED) is 0.693. The lowest BCUT2D eigenvalue weighted by Gasteiger charge is -2.10. The van der Waals surface area contributed by atoms with Crippen LogP contribution in [0.1, 0.15) is 17.2 Å². The van der Waals surface area contributed by atoms with E-state index in [0.29, 0.717) is 11.1 Å². The molecule has 0 heterocycles. The molecule has 1 aromatic carbocycles. The molecule has 0 aliphatic carbocycles. The van der Waals surface area contributed by atoms with Crippen LogP contribution in [0.4, 0.5) is 8.78 Å². The van der Waals surface area contributed by atoms with Crippen LogP contribution in [-0.2, 0) is 0 Å². The molecule has 0 fully saturated rings. The molecule has 0 spiro atoms. The number of halogens is 2. The second-order valence-corrected chi connectivity index (χ2v) is 2.63.